The monoisotopic (exact) mass is 568 g/mol. The van der Waals surface area contributed by atoms with Crippen LogP contribution < -0.4 is 4.90 Å². The molecule has 0 aromatic heterocycles. The fourth-order valence-corrected chi connectivity index (χ4v) is 9.20. The van der Waals surface area contributed by atoms with E-state index in [1.807, 2.05) is 0 Å². The molecule has 0 saturated carbocycles. The van der Waals surface area contributed by atoms with Gasteiger partial charge in [0, 0.05) is 33.9 Å². The number of likely N-dealkylation sites (tertiary alicyclic amines) is 1. The number of hydrogen-bond donors (Lipinski definition) is 1. The number of hydrogen-bond acceptors (Lipinski definition) is 6. The number of nitrogens with zero attached hydrogens (tertiary/aromatic N) is 2. The van der Waals surface area contributed by atoms with Gasteiger partial charge in [-0.25, -0.2) is 0 Å². The summed E-state index contributed by atoms with van der Waals surface area (Å²) in [7, 11) is 0. The number of amides is 2. The first kappa shape index (κ1) is 25.3. The molecular weight excluding hydrogens is 544 g/mol. The van der Waals surface area contributed by atoms with Crippen molar-refractivity contribution in [3.63, 3.8) is 0 Å². The highest BCUT2D eigenvalue weighted by atomic mass is 79.9. The number of esters is 1. The number of carbonyl (C=O) groups is 3. The van der Waals surface area contributed by atoms with Gasteiger partial charge in [0.1, 0.15) is 12.6 Å². The number of aliphatic hydroxyl groups is 1. The van der Waals surface area contributed by atoms with E-state index in [-0.39, 0.29) is 48.2 Å². The van der Waals surface area contributed by atoms with Crippen LogP contribution in [-0.2, 0) is 19.1 Å². The molecule has 182 valence electrons. The summed E-state index contributed by atoms with van der Waals surface area (Å²) in [6.45, 7) is 7.37. The maximum Gasteiger partial charge on any atom is 0.311 e. The molecule has 3 aliphatic rings. The predicted molar refractivity (Wildman–Crippen MR) is 136 cm³/mol. The van der Waals surface area contributed by atoms with Crippen molar-refractivity contribution < 1.29 is 24.2 Å². The van der Waals surface area contributed by atoms with Gasteiger partial charge >= 0.3 is 5.97 Å². The van der Waals surface area contributed by atoms with Gasteiger partial charge in [0.2, 0.25) is 5.91 Å². The van der Waals surface area contributed by atoms with Crippen LogP contribution in [0.1, 0.15) is 6.42 Å². The van der Waals surface area contributed by atoms with E-state index in [1.54, 1.807) is 35.2 Å². The number of aliphatic hydroxyl groups excluding tert-OH is 1. The number of rotatable bonds is 9. The number of fused-ring (bicyclic) bond motifs is 1. The second kappa shape index (κ2) is 10.0. The molecule has 0 radical (unpaired) electrons. The second-order valence-electron chi connectivity index (χ2n) is 8.55. The number of thioether (sulfide) groups is 1. The number of halogens is 2. The molecule has 2 bridgehead atoms. The zero-order valence-corrected chi connectivity index (χ0v) is 21.6. The maximum absolute atomic E-state index is 14.1. The van der Waals surface area contributed by atoms with E-state index in [1.165, 1.54) is 22.7 Å². The Morgan fingerprint density at radius 1 is 1.32 bits per heavy atom. The molecule has 34 heavy (non-hydrogen) atoms. The van der Waals surface area contributed by atoms with Crippen LogP contribution in [0.3, 0.4) is 0 Å². The predicted octanol–water partition coefficient (Wildman–Crippen LogP) is 3.05. The second-order valence-corrected chi connectivity index (χ2v) is 11.7. The molecule has 3 unspecified atom stereocenters. The Balaban J connectivity index is 1.76. The van der Waals surface area contributed by atoms with Gasteiger partial charge in [-0.1, -0.05) is 46.3 Å². The summed E-state index contributed by atoms with van der Waals surface area (Å²) in [5, 5.41) is 10.1. The average Bonchev–Trinajstić information content (AvgIpc) is 3.40. The van der Waals surface area contributed by atoms with Crippen molar-refractivity contribution in [3.05, 3.63) is 54.6 Å². The molecule has 10 heteroatoms. The van der Waals surface area contributed by atoms with Crippen molar-refractivity contribution in [2.75, 3.05) is 31.2 Å². The fourth-order valence-electron chi connectivity index (χ4n) is 5.48. The van der Waals surface area contributed by atoms with Gasteiger partial charge < -0.3 is 19.6 Å². The first-order valence-electron chi connectivity index (χ1n) is 11.0. The normalized spacial score (nSPS) is 31.3. The van der Waals surface area contributed by atoms with E-state index in [9.17, 15) is 19.5 Å². The Labute approximate surface area is 216 Å². The Morgan fingerprint density at radius 3 is 2.65 bits per heavy atom. The molecule has 3 fully saturated rings. The molecule has 3 heterocycles. The van der Waals surface area contributed by atoms with Gasteiger partial charge in [-0.05, 0) is 30.7 Å². The van der Waals surface area contributed by atoms with Crippen LogP contribution in [0.4, 0.5) is 5.69 Å². The first-order chi connectivity index (χ1) is 16.3. The van der Waals surface area contributed by atoms with Crippen molar-refractivity contribution in [1.82, 2.24) is 4.90 Å². The van der Waals surface area contributed by atoms with Crippen LogP contribution >= 0.6 is 39.3 Å². The van der Waals surface area contributed by atoms with Gasteiger partial charge in [0.05, 0.1) is 23.2 Å². The Hall–Kier alpha value is -1.81. The maximum atomic E-state index is 14.1. The molecule has 1 spiro atoms. The topological polar surface area (TPSA) is 87.2 Å². The summed E-state index contributed by atoms with van der Waals surface area (Å²) in [6.07, 6.45) is 3.65. The lowest BCUT2D eigenvalue weighted by Gasteiger charge is -2.37. The molecule has 1 N–H and O–H groups in total. The highest BCUT2D eigenvalue weighted by molar-refractivity contribution is 9.09. The van der Waals surface area contributed by atoms with E-state index < -0.39 is 28.6 Å². The van der Waals surface area contributed by atoms with Gasteiger partial charge in [-0.2, -0.15) is 0 Å². The van der Waals surface area contributed by atoms with Crippen molar-refractivity contribution in [2.24, 2.45) is 11.8 Å². The lowest BCUT2D eigenvalue weighted by molar-refractivity contribution is -0.153. The highest BCUT2D eigenvalue weighted by Crippen LogP contribution is 2.68. The van der Waals surface area contributed by atoms with Gasteiger partial charge in [0.15, 0.2) is 0 Å². The van der Waals surface area contributed by atoms with Crippen LogP contribution in [0, 0.1) is 11.8 Å². The van der Waals surface area contributed by atoms with Gasteiger partial charge in [-0.15, -0.1) is 18.3 Å². The molecule has 3 saturated heterocycles. The minimum Gasteiger partial charge on any atom is -0.461 e. The third-order valence-corrected chi connectivity index (χ3v) is 10.2. The van der Waals surface area contributed by atoms with Crippen molar-refractivity contribution in [2.45, 2.75) is 27.3 Å². The molecule has 7 nitrogen and oxygen atoms in total. The number of benzene rings is 1. The molecule has 1 aromatic rings. The molecule has 3 aliphatic heterocycles. The van der Waals surface area contributed by atoms with E-state index in [2.05, 4.69) is 29.1 Å². The Kier molecular flexibility index (Phi) is 7.47. The number of anilines is 1. The zero-order valence-electron chi connectivity index (χ0n) is 18.4. The number of ether oxygens (including phenoxy) is 1. The largest absolute Gasteiger partial charge is 0.461 e. The smallest absolute Gasteiger partial charge is 0.311 e. The lowest BCUT2D eigenvalue weighted by atomic mass is 9.71. The van der Waals surface area contributed by atoms with Crippen molar-refractivity contribution >= 4 is 62.8 Å². The zero-order chi connectivity index (χ0) is 24.6. The van der Waals surface area contributed by atoms with E-state index in [0.29, 0.717) is 17.1 Å². The van der Waals surface area contributed by atoms with Crippen molar-refractivity contribution in [1.29, 1.82) is 0 Å². The lowest BCUT2D eigenvalue weighted by Crippen LogP contribution is -2.56. The minimum atomic E-state index is -0.847. The van der Waals surface area contributed by atoms with Crippen molar-refractivity contribution in [3.8, 4) is 0 Å². The molecule has 1 aromatic carbocycles. The molecule has 2 amide bonds. The van der Waals surface area contributed by atoms with Gasteiger partial charge in [-0.3, -0.25) is 14.4 Å². The van der Waals surface area contributed by atoms with Gasteiger partial charge in [0.25, 0.3) is 5.91 Å². The average molecular weight is 570 g/mol. The molecule has 0 aliphatic carbocycles. The SMILES string of the molecule is C=CCOC(=O)[C@H]1[C@@H]2SC3(CC2Br)C(C(=O)N(CC=C)c2ccc(Cl)cc2)N(CCO)C(=O)[C@H]13. The third-order valence-electron chi connectivity index (χ3n) is 6.70. The Morgan fingerprint density at radius 2 is 2.03 bits per heavy atom. The van der Waals surface area contributed by atoms with E-state index in [4.69, 9.17) is 16.3 Å². The Bertz CT molecular complexity index is 1010. The number of carbonyl (C=O) groups excluding carboxylic acids is 3. The number of β-amino-alcohol motifs (C(OH)–C–C–N with tert-alkyl or cyclic N) is 1. The fraction of sp³-hybridized carbons (Fsp3) is 0.458. The summed E-state index contributed by atoms with van der Waals surface area (Å²) < 4.78 is 4.54. The van der Waals surface area contributed by atoms with Crippen LogP contribution in [0.5, 0.6) is 0 Å². The summed E-state index contributed by atoms with van der Waals surface area (Å²) >= 11 is 11.3. The molecular formula is C24H26BrClN2O5S. The van der Waals surface area contributed by atoms with Crippen LogP contribution in [-0.4, -0.2) is 75.0 Å². The van der Waals surface area contributed by atoms with E-state index >= 15 is 0 Å². The van der Waals surface area contributed by atoms with E-state index in [0.717, 1.165) is 0 Å². The molecule has 6 atom stereocenters. The quantitative estimate of drug-likeness (QED) is 0.280. The highest BCUT2D eigenvalue weighted by Gasteiger charge is 2.76. The minimum absolute atomic E-state index is 0.00262. The standard InChI is InChI=1S/C24H26BrClN2O5S/c1-3-9-27(15-7-5-14(26)6-8-15)22(31)20-24-13-16(25)19(34-24)17(23(32)33-12-4-2)18(24)21(30)28(20)10-11-29/h3-8,16-20,29H,1-2,9-13H2/t16?,17-,18+,19-,20?,24?/m1/s1. The molecule has 4 rings (SSSR count). The third kappa shape index (κ3) is 4.00. The summed E-state index contributed by atoms with van der Waals surface area (Å²) in [5.41, 5.74) is 0.625. The summed E-state index contributed by atoms with van der Waals surface area (Å²) in [5.74, 6) is -2.42. The summed E-state index contributed by atoms with van der Waals surface area (Å²) in [4.78, 5) is 43.8. The van der Waals surface area contributed by atoms with Crippen LogP contribution in [0.25, 0.3) is 0 Å². The first-order valence-corrected chi connectivity index (χ1v) is 13.2. The summed E-state index contributed by atoms with van der Waals surface area (Å²) in [6, 6.07) is 6.04. The number of alkyl halides is 1. The van der Waals surface area contributed by atoms with Crippen LogP contribution in [0.15, 0.2) is 49.6 Å². The van der Waals surface area contributed by atoms with Crippen LogP contribution in [0.2, 0.25) is 5.02 Å².